The highest BCUT2D eigenvalue weighted by molar-refractivity contribution is 9.10. The van der Waals surface area contributed by atoms with Crippen LogP contribution < -0.4 is 0 Å². The first-order valence-electron chi connectivity index (χ1n) is 4.89. The summed E-state index contributed by atoms with van der Waals surface area (Å²) in [6.07, 6.45) is 0. The third-order valence-electron chi connectivity index (χ3n) is 2.19. The molecule has 1 atom stereocenters. The fraction of sp³-hybridized carbons (Fsp3) is 0.364. The fourth-order valence-electron chi connectivity index (χ4n) is 1.38. The lowest BCUT2D eigenvalue weighted by molar-refractivity contribution is 0.583. The van der Waals surface area contributed by atoms with Crippen LogP contribution in [0.5, 0.6) is 0 Å². The molecule has 3 nitrogen and oxygen atoms in total. The molecule has 0 saturated carbocycles. The first-order chi connectivity index (χ1) is 7.92. The summed E-state index contributed by atoms with van der Waals surface area (Å²) in [5.74, 6) is 0.0729. The van der Waals surface area contributed by atoms with Gasteiger partial charge in [0.25, 0.3) is 0 Å². The van der Waals surface area contributed by atoms with Crippen molar-refractivity contribution >= 4 is 37.4 Å². The van der Waals surface area contributed by atoms with Crippen LogP contribution in [-0.4, -0.2) is 20.1 Å². The molecule has 0 bridgehead atoms. The Morgan fingerprint density at radius 2 is 2.18 bits per heavy atom. The largest absolute Gasteiger partial charge is 0.224 e. The van der Waals surface area contributed by atoms with Gasteiger partial charge in [-0.05, 0) is 34.0 Å². The molecule has 0 saturated heterocycles. The third kappa shape index (κ3) is 3.44. The van der Waals surface area contributed by atoms with Crippen LogP contribution >= 0.6 is 27.5 Å². The maximum atomic E-state index is 12.1. The van der Waals surface area contributed by atoms with Gasteiger partial charge in [0.1, 0.15) is 6.07 Å². The Bertz CT molecular complexity index is 551. The second-order valence-corrected chi connectivity index (χ2v) is 6.93. The van der Waals surface area contributed by atoms with Crippen molar-refractivity contribution in [2.75, 3.05) is 11.6 Å². The molecule has 1 aromatic carbocycles. The van der Waals surface area contributed by atoms with Gasteiger partial charge in [-0.2, -0.15) is 5.26 Å². The maximum absolute atomic E-state index is 12.1. The molecule has 92 valence electrons. The molecule has 0 fully saturated rings. The molecular formula is C11H11BrClNO2S. The second-order valence-electron chi connectivity index (χ2n) is 3.77. The summed E-state index contributed by atoms with van der Waals surface area (Å²) in [6.45, 7) is 1.76. The number of nitrogens with zero attached hydrogens (tertiary/aromatic N) is 1. The Morgan fingerprint density at radius 3 is 2.71 bits per heavy atom. The molecule has 6 heteroatoms. The molecule has 17 heavy (non-hydrogen) atoms. The smallest absolute Gasteiger partial charge is 0.180 e. The Morgan fingerprint density at radius 1 is 1.53 bits per heavy atom. The molecule has 0 spiro atoms. The van der Waals surface area contributed by atoms with Crippen LogP contribution in [0.1, 0.15) is 12.5 Å². The van der Waals surface area contributed by atoms with Crippen molar-refractivity contribution in [1.82, 2.24) is 0 Å². The Labute approximate surface area is 114 Å². The standard InChI is InChI=1S/C11H11BrClNO2S/c1-8(5-13)7-17(15,16)11-4-2-3-10(12)9(11)6-14/h2-4,8H,5,7H2,1H3. The van der Waals surface area contributed by atoms with Crippen LogP contribution in [0.15, 0.2) is 27.6 Å². The highest BCUT2D eigenvalue weighted by atomic mass is 79.9. The van der Waals surface area contributed by atoms with E-state index in [1.165, 1.54) is 6.07 Å². The fourth-order valence-corrected chi connectivity index (χ4v) is 4.00. The molecule has 0 N–H and O–H groups in total. The lowest BCUT2D eigenvalue weighted by Crippen LogP contribution is -2.16. The molecule has 0 amide bonds. The topological polar surface area (TPSA) is 57.9 Å². The second kappa shape index (κ2) is 5.85. The number of benzene rings is 1. The van der Waals surface area contributed by atoms with Crippen molar-refractivity contribution in [3.63, 3.8) is 0 Å². The summed E-state index contributed by atoms with van der Waals surface area (Å²) in [5.41, 5.74) is 0.147. The van der Waals surface area contributed by atoms with Crippen LogP contribution in [0.2, 0.25) is 0 Å². The van der Waals surface area contributed by atoms with Gasteiger partial charge < -0.3 is 0 Å². The molecule has 0 aliphatic carbocycles. The Balaban J connectivity index is 3.26. The van der Waals surface area contributed by atoms with Gasteiger partial charge in [-0.1, -0.05) is 13.0 Å². The monoisotopic (exact) mass is 335 g/mol. The van der Waals surface area contributed by atoms with Crippen LogP contribution in [0, 0.1) is 17.2 Å². The molecule has 0 heterocycles. The number of rotatable bonds is 4. The molecule has 0 aromatic heterocycles. The molecule has 1 aromatic rings. The van der Waals surface area contributed by atoms with Crippen LogP contribution in [0.4, 0.5) is 0 Å². The van der Waals surface area contributed by atoms with Crippen molar-refractivity contribution in [1.29, 1.82) is 5.26 Å². The van der Waals surface area contributed by atoms with Crippen LogP contribution in [-0.2, 0) is 9.84 Å². The lowest BCUT2D eigenvalue weighted by Gasteiger charge is -2.10. The molecule has 0 radical (unpaired) electrons. The minimum atomic E-state index is -3.47. The number of hydrogen-bond donors (Lipinski definition) is 0. The van der Waals surface area contributed by atoms with E-state index in [1.807, 2.05) is 6.07 Å². The minimum absolute atomic E-state index is 0.0539. The van der Waals surface area contributed by atoms with E-state index < -0.39 is 9.84 Å². The highest BCUT2D eigenvalue weighted by Crippen LogP contribution is 2.25. The van der Waals surface area contributed by atoms with E-state index in [0.29, 0.717) is 4.47 Å². The van der Waals surface area contributed by atoms with Gasteiger partial charge in [-0.3, -0.25) is 0 Å². The number of alkyl halides is 1. The molecule has 1 rings (SSSR count). The van der Waals surface area contributed by atoms with Gasteiger partial charge >= 0.3 is 0 Å². The number of halogens is 2. The molecule has 1 unspecified atom stereocenters. The zero-order valence-corrected chi connectivity index (χ0v) is 12.3. The van der Waals surface area contributed by atoms with Gasteiger partial charge in [0.15, 0.2) is 9.84 Å². The Hall–Kier alpha value is -0.570. The third-order valence-corrected chi connectivity index (χ3v) is 5.40. The molecule has 0 aliphatic heterocycles. The van der Waals surface area contributed by atoms with Gasteiger partial charge in [0.2, 0.25) is 0 Å². The highest BCUT2D eigenvalue weighted by Gasteiger charge is 2.22. The van der Waals surface area contributed by atoms with E-state index in [-0.39, 0.29) is 28.0 Å². The predicted molar refractivity (Wildman–Crippen MR) is 70.8 cm³/mol. The van der Waals surface area contributed by atoms with Gasteiger partial charge in [-0.15, -0.1) is 11.6 Å². The zero-order valence-electron chi connectivity index (χ0n) is 9.15. The van der Waals surface area contributed by atoms with Crippen molar-refractivity contribution in [2.45, 2.75) is 11.8 Å². The summed E-state index contributed by atoms with van der Waals surface area (Å²) in [6, 6.07) is 6.59. The summed E-state index contributed by atoms with van der Waals surface area (Å²) >= 11 is 8.78. The van der Waals surface area contributed by atoms with Crippen LogP contribution in [0.3, 0.4) is 0 Å². The normalized spacial score (nSPS) is 13.1. The molecular weight excluding hydrogens is 326 g/mol. The average molecular weight is 337 g/mol. The van der Waals surface area contributed by atoms with Crippen molar-refractivity contribution in [3.05, 3.63) is 28.2 Å². The number of hydrogen-bond acceptors (Lipinski definition) is 3. The van der Waals surface area contributed by atoms with Gasteiger partial charge in [0.05, 0.1) is 16.2 Å². The number of sulfone groups is 1. The van der Waals surface area contributed by atoms with E-state index >= 15 is 0 Å². The first-order valence-corrected chi connectivity index (χ1v) is 7.87. The lowest BCUT2D eigenvalue weighted by atomic mass is 10.2. The summed E-state index contributed by atoms with van der Waals surface area (Å²) in [4.78, 5) is 0.0614. The summed E-state index contributed by atoms with van der Waals surface area (Å²) in [5, 5.41) is 8.98. The number of nitriles is 1. The SMILES string of the molecule is CC(CCl)CS(=O)(=O)c1cccc(Br)c1C#N. The van der Waals surface area contributed by atoms with Gasteiger partial charge in [-0.25, -0.2) is 8.42 Å². The predicted octanol–water partition coefficient (Wildman–Crippen LogP) is 2.97. The molecule has 0 aliphatic rings. The first kappa shape index (κ1) is 14.5. The van der Waals surface area contributed by atoms with E-state index in [9.17, 15) is 8.42 Å². The Kier molecular flexibility index (Phi) is 4.99. The van der Waals surface area contributed by atoms with Crippen molar-refractivity contribution in [3.8, 4) is 6.07 Å². The summed E-state index contributed by atoms with van der Waals surface area (Å²) < 4.78 is 24.7. The quantitative estimate of drug-likeness (QED) is 0.794. The van der Waals surface area contributed by atoms with E-state index in [2.05, 4.69) is 15.9 Å². The van der Waals surface area contributed by atoms with E-state index in [4.69, 9.17) is 16.9 Å². The van der Waals surface area contributed by atoms with Gasteiger partial charge in [0, 0.05) is 10.4 Å². The van der Waals surface area contributed by atoms with Crippen molar-refractivity contribution < 1.29 is 8.42 Å². The van der Waals surface area contributed by atoms with E-state index in [1.54, 1.807) is 19.1 Å². The average Bonchev–Trinajstić information content (AvgIpc) is 2.28. The van der Waals surface area contributed by atoms with Crippen LogP contribution in [0.25, 0.3) is 0 Å². The minimum Gasteiger partial charge on any atom is -0.224 e. The zero-order chi connectivity index (χ0) is 13.1. The van der Waals surface area contributed by atoms with Crippen molar-refractivity contribution in [2.24, 2.45) is 5.92 Å². The maximum Gasteiger partial charge on any atom is 0.180 e. The van der Waals surface area contributed by atoms with E-state index in [0.717, 1.165) is 0 Å². The summed E-state index contributed by atoms with van der Waals surface area (Å²) in [7, 11) is -3.47.